The molecule has 1 aliphatic rings. The predicted molar refractivity (Wildman–Crippen MR) is 86.4 cm³/mol. The van der Waals surface area contributed by atoms with E-state index in [0.717, 1.165) is 12.8 Å². The molecule has 0 bridgehead atoms. The Balaban J connectivity index is 1.70. The molecular formula is C17H22N4O3. The molecule has 0 spiro atoms. The standard InChI is InChI=1S/C17H22N4O3/c1-11(2)16-19-15(20-24-16)14-7-5-9-21(14)17(22)12(3)23-13-6-4-8-18-10-13/h4,6,8,10-12,14H,5,7,9H2,1-3H3/t12-,14+/m0/s1. The van der Waals surface area contributed by atoms with E-state index in [0.29, 0.717) is 24.0 Å². The van der Waals surface area contributed by atoms with Crippen molar-refractivity contribution in [2.24, 2.45) is 0 Å². The second-order valence-electron chi connectivity index (χ2n) is 6.28. The third kappa shape index (κ3) is 3.39. The SMILES string of the molecule is CC(C)c1nc([C@H]2CCCN2C(=O)[C@H](C)Oc2cccnc2)no1. The van der Waals surface area contributed by atoms with Gasteiger partial charge < -0.3 is 14.2 Å². The Hall–Kier alpha value is -2.44. The average Bonchev–Trinajstić information content (AvgIpc) is 3.24. The van der Waals surface area contributed by atoms with Crippen LogP contribution in [0.3, 0.4) is 0 Å². The normalized spacial score (nSPS) is 18.8. The number of pyridine rings is 1. The maximum Gasteiger partial charge on any atom is 0.263 e. The molecule has 0 aliphatic carbocycles. The van der Waals surface area contributed by atoms with Crippen LogP contribution in [0.15, 0.2) is 29.0 Å². The number of ether oxygens (including phenoxy) is 1. The lowest BCUT2D eigenvalue weighted by Gasteiger charge is -2.25. The van der Waals surface area contributed by atoms with E-state index in [1.54, 1.807) is 36.4 Å². The lowest BCUT2D eigenvalue weighted by atomic mass is 10.2. The Morgan fingerprint density at radius 2 is 2.25 bits per heavy atom. The van der Waals surface area contributed by atoms with Crippen LogP contribution in [0.2, 0.25) is 0 Å². The summed E-state index contributed by atoms with van der Waals surface area (Å²) in [6.07, 6.45) is 4.42. The van der Waals surface area contributed by atoms with Crippen molar-refractivity contribution in [3.63, 3.8) is 0 Å². The number of likely N-dealkylation sites (tertiary alicyclic amines) is 1. The van der Waals surface area contributed by atoms with Crippen LogP contribution in [0, 0.1) is 0 Å². The van der Waals surface area contributed by atoms with Gasteiger partial charge >= 0.3 is 0 Å². The van der Waals surface area contributed by atoms with E-state index >= 15 is 0 Å². The molecule has 0 N–H and O–H groups in total. The van der Waals surface area contributed by atoms with Crippen LogP contribution in [-0.2, 0) is 4.79 Å². The monoisotopic (exact) mass is 330 g/mol. The van der Waals surface area contributed by atoms with Gasteiger partial charge in [0.15, 0.2) is 11.9 Å². The fourth-order valence-electron chi connectivity index (χ4n) is 2.82. The summed E-state index contributed by atoms with van der Waals surface area (Å²) in [7, 11) is 0. The highest BCUT2D eigenvalue weighted by Crippen LogP contribution is 2.31. The third-order valence-electron chi connectivity index (χ3n) is 4.08. The highest BCUT2D eigenvalue weighted by atomic mass is 16.5. The Morgan fingerprint density at radius 1 is 1.42 bits per heavy atom. The zero-order chi connectivity index (χ0) is 17.1. The zero-order valence-corrected chi connectivity index (χ0v) is 14.2. The van der Waals surface area contributed by atoms with Gasteiger partial charge in [-0.3, -0.25) is 9.78 Å². The van der Waals surface area contributed by atoms with Crippen molar-refractivity contribution in [2.75, 3.05) is 6.54 Å². The number of carbonyl (C=O) groups excluding carboxylic acids is 1. The molecule has 2 atom stereocenters. The minimum absolute atomic E-state index is 0.0720. The molecular weight excluding hydrogens is 308 g/mol. The van der Waals surface area contributed by atoms with Crippen molar-refractivity contribution in [3.05, 3.63) is 36.2 Å². The Morgan fingerprint density at radius 3 is 2.92 bits per heavy atom. The number of aromatic nitrogens is 3. The molecule has 1 saturated heterocycles. The first kappa shape index (κ1) is 16.4. The van der Waals surface area contributed by atoms with Gasteiger partial charge in [-0.25, -0.2) is 0 Å². The number of carbonyl (C=O) groups is 1. The molecule has 7 heteroatoms. The van der Waals surface area contributed by atoms with Gasteiger partial charge in [-0.1, -0.05) is 19.0 Å². The molecule has 1 aliphatic heterocycles. The van der Waals surface area contributed by atoms with Crippen LogP contribution < -0.4 is 4.74 Å². The predicted octanol–water partition coefficient (Wildman–Crippen LogP) is 2.72. The van der Waals surface area contributed by atoms with E-state index in [4.69, 9.17) is 9.26 Å². The van der Waals surface area contributed by atoms with E-state index in [2.05, 4.69) is 15.1 Å². The summed E-state index contributed by atoms with van der Waals surface area (Å²) in [5.41, 5.74) is 0. The van der Waals surface area contributed by atoms with Gasteiger partial charge in [0.1, 0.15) is 5.75 Å². The summed E-state index contributed by atoms with van der Waals surface area (Å²) in [6, 6.07) is 3.42. The van der Waals surface area contributed by atoms with Crippen molar-refractivity contribution in [1.29, 1.82) is 0 Å². The summed E-state index contributed by atoms with van der Waals surface area (Å²) < 4.78 is 11.0. The minimum Gasteiger partial charge on any atom is -0.479 e. The topological polar surface area (TPSA) is 81.4 Å². The molecule has 24 heavy (non-hydrogen) atoms. The van der Waals surface area contributed by atoms with Crippen molar-refractivity contribution in [1.82, 2.24) is 20.0 Å². The Labute approximate surface area is 141 Å². The van der Waals surface area contributed by atoms with Crippen LogP contribution in [0.1, 0.15) is 57.3 Å². The Bertz CT molecular complexity index is 686. The second kappa shape index (κ2) is 6.98. The van der Waals surface area contributed by atoms with Gasteiger partial charge in [0.2, 0.25) is 5.89 Å². The molecule has 0 unspecified atom stereocenters. The van der Waals surface area contributed by atoms with Gasteiger partial charge in [0.25, 0.3) is 5.91 Å². The van der Waals surface area contributed by atoms with Crippen molar-refractivity contribution in [2.45, 2.75) is 51.7 Å². The molecule has 1 amide bonds. The molecule has 3 rings (SSSR count). The summed E-state index contributed by atoms with van der Waals surface area (Å²) in [4.78, 5) is 23.0. The van der Waals surface area contributed by atoms with E-state index in [-0.39, 0.29) is 17.9 Å². The van der Waals surface area contributed by atoms with Crippen molar-refractivity contribution >= 4 is 5.91 Å². The average molecular weight is 330 g/mol. The fourth-order valence-corrected chi connectivity index (χ4v) is 2.82. The summed E-state index contributed by atoms with van der Waals surface area (Å²) in [5, 5.41) is 4.06. The van der Waals surface area contributed by atoms with Crippen molar-refractivity contribution in [3.8, 4) is 5.75 Å². The van der Waals surface area contributed by atoms with Gasteiger partial charge in [-0.2, -0.15) is 4.98 Å². The number of hydrogen-bond acceptors (Lipinski definition) is 6. The first-order valence-electron chi connectivity index (χ1n) is 8.27. The van der Waals surface area contributed by atoms with Crippen molar-refractivity contribution < 1.29 is 14.1 Å². The van der Waals surface area contributed by atoms with Crippen LogP contribution in [0.5, 0.6) is 5.75 Å². The smallest absolute Gasteiger partial charge is 0.263 e. The lowest BCUT2D eigenvalue weighted by molar-refractivity contribution is -0.139. The van der Waals surface area contributed by atoms with E-state index in [1.165, 1.54) is 0 Å². The van der Waals surface area contributed by atoms with E-state index in [9.17, 15) is 4.79 Å². The molecule has 0 aromatic carbocycles. The molecule has 7 nitrogen and oxygen atoms in total. The second-order valence-corrected chi connectivity index (χ2v) is 6.28. The maximum atomic E-state index is 12.8. The largest absolute Gasteiger partial charge is 0.479 e. The number of hydrogen-bond donors (Lipinski definition) is 0. The van der Waals surface area contributed by atoms with Crippen LogP contribution >= 0.6 is 0 Å². The first-order valence-corrected chi connectivity index (χ1v) is 8.27. The highest BCUT2D eigenvalue weighted by molar-refractivity contribution is 5.81. The zero-order valence-electron chi connectivity index (χ0n) is 14.2. The van der Waals surface area contributed by atoms with Crippen LogP contribution in [0.4, 0.5) is 0 Å². The van der Waals surface area contributed by atoms with Gasteiger partial charge in [-0.15, -0.1) is 0 Å². The summed E-state index contributed by atoms with van der Waals surface area (Å²) >= 11 is 0. The number of nitrogens with zero attached hydrogens (tertiary/aromatic N) is 4. The Kier molecular flexibility index (Phi) is 4.78. The highest BCUT2D eigenvalue weighted by Gasteiger charge is 2.36. The van der Waals surface area contributed by atoms with Crippen LogP contribution in [0.25, 0.3) is 0 Å². The third-order valence-corrected chi connectivity index (χ3v) is 4.08. The lowest BCUT2D eigenvalue weighted by Crippen LogP contribution is -2.40. The molecule has 3 heterocycles. The van der Waals surface area contributed by atoms with Gasteiger partial charge in [0, 0.05) is 18.7 Å². The maximum absolute atomic E-state index is 12.8. The molecule has 0 radical (unpaired) electrons. The molecule has 2 aromatic rings. The summed E-state index contributed by atoms with van der Waals surface area (Å²) in [5.74, 6) is 1.86. The first-order chi connectivity index (χ1) is 11.6. The summed E-state index contributed by atoms with van der Waals surface area (Å²) in [6.45, 7) is 6.42. The quantitative estimate of drug-likeness (QED) is 0.838. The van der Waals surface area contributed by atoms with Crippen LogP contribution in [-0.4, -0.2) is 38.6 Å². The molecule has 2 aromatic heterocycles. The number of amides is 1. The van der Waals surface area contributed by atoms with E-state index in [1.807, 2.05) is 13.8 Å². The molecule has 128 valence electrons. The fraction of sp³-hybridized carbons (Fsp3) is 0.529. The van der Waals surface area contributed by atoms with E-state index < -0.39 is 6.10 Å². The molecule has 1 fully saturated rings. The van der Waals surface area contributed by atoms with Gasteiger partial charge in [-0.05, 0) is 31.9 Å². The molecule has 0 saturated carbocycles. The van der Waals surface area contributed by atoms with Gasteiger partial charge in [0.05, 0.1) is 12.2 Å². The number of rotatable bonds is 5. The minimum atomic E-state index is -0.591.